The molecule has 1 saturated heterocycles. The van der Waals surface area contributed by atoms with Crippen molar-refractivity contribution in [1.82, 2.24) is 30.2 Å². The summed E-state index contributed by atoms with van der Waals surface area (Å²) in [4.78, 5) is 19.3. The van der Waals surface area contributed by atoms with Crippen LogP contribution in [0.2, 0.25) is 0 Å². The van der Waals surface area contributed by atoms with E-state index < -0.39 is 0 Å². The van der Waals surface area contributed by atoms with Gasteiger partial charge in [0.05, 0.1) is 16.9 Å². The topological polar surface area (TPSA) is 75.9 Å². The summed E-state index contributed by atoms with van der Waals surface area (Å²) in [6.45, 7) is 4.59. The second kappa shape index (κ2) is 7.55. The average Bonchev–Trinajstić information content (AvgIpc) is 3.52. The highest BCUT2D eigenvalue weighted by atomic mass is 16.2. The molecule has 1 aliphatic heterocycles. The van der Waals surface area contributed by atoms with E-state index in [2.05, 4.69) is 20.6 Å². The second-order valence-electron chi connectivity index (χ2n) is 8.23. The van der Waals surface area contributed by atoms with E-state index in [0.717, 1.165) is 60.7 Å². The molecular formula is C22H26N6O. The number of nitrogens with one attached hydrogen (secondary N) is 1. The number of aromatic nitrogens is 4. The van der Waals surface area contributed by atoms with Crippen molar-refractivity contribution in [3.05, 3.63) is 47.9 Å². The van der Waals surface area contributed by atoms with Crippen LogP contribution in [0.3, 0.4) is 0 Å². The lowest BCUT2D eigenvalue weighted by Gasteiger charge is -2.32. The number of piperidine rings is 1. The Balaban J connectivity index is 1.29. The minimum atomic E-state index is -0.0168. The number of hydrogen-bond acceptors (Lipinski definition) is 5. The van der Waals surface area contributed by atoms with E-state index in [0.29, 0.717) is 11.7 Å². The van der Waals surface area contributed by atoms with E-state index in [1.165, 1.54) is 12.8 Å². The number of hydrogen-bond donors (Lipinski definition) is 1. The fourth-order valence-corrected chi connectivity index (χ4v) is 4.06. The van der Waals surface area contributed by atoms with Crippen molar-refractivity contribution in [2.24, 2.45) is 5.92 Å². The number of pyridine rings is 1. The van der Waals surface area contributed by atoms with E-state index >= 15 is 0 Å². The van der Waals surface area contributed by atoms with Gasteiger partial charge in [-0.15, -0.1) is 5.10 Å². The van der Waals surface area contributed by atoms with Crippen molar-refractivity contribution in [2.75, 3.05) is 19.6 Å². The molecule has 1 N–H and O–H groups in total. The van der Waals surface area contributed by atoms with Crippen LogP contribution in [0.25, 0.3) is 16.6 Å². The largest absolute Gasteiger partial charge is 0.337 e. The normalized spacial score (nSPS) is 17.8. The molecule has 0 bridgehead atoms. The smallest absolute Gasteiger partial charge is 0.276 e. The van der Waals surface area contributed by atoms with Crippen LogP contribution in [0.4, 0.5) is 0 Å². The molecule has 29 heavy (non-hydrogen) atoms. The highest BCUT2D eigenvalue weighted by molar-refractivity contribution is 5.93. The molecule has 2 aromatic heterocycles. The first-order chi connectivity index (χ1) is 14.2. The van der Waals surface area contributed by atoms with E-state index in [1.54, 1.807) is 10.9 Å². The zero-order valence-corrected chi connectivity index (χ0v) is 16.7. The van der Waals surface area contributed by atoms with Crippen LogP contribution in [0.5, 0.6) is 0 Å². The van der Waals surface area contributed by atoms with Crippen molar-refractivity contribution in [3.63, 3.8) is 0 Å². The van der Waals surface area contributed by atoms with Gasteiger partial charge in [-0.1, -0.05) is 11.3 Å². The Morgan fingerprint density at radius 3 is 2.79 bits per heavy atom. The van der Waals surface area contributed by atoms with Crippen LogP contribution >= 0.6 is 0 Å². The zero-order valence-electron chi connectivity index (χ0n) is 16.7. The van der Waals surface area contributed by atoms with Gasteiger partial charge in [-0.2, -0.15) is 0 Å². The third kappa shape index (κ3) is 3.74. The maximum Gasteiger partial charge on any atom is 0.276 e. The summed E-state index contributed by atoms with van der Waals surface area (Å²) in [5, 5.41) is 13.2. The first-order valence-corrected chi connectivity index (χ1v) is 10.5. The highest BCUT2D eigenvalue weighted by Crippen LogP contribution is 2.28. The maximum absolute atomic E-state index is 13.0. The number of fused-ring (bicyclic) bond motifs is 1. The number of rotatable bonds is 5. The molecule has 0 radical (unpaired) electrons. The van der Waals surface area contributed by atoms with Crippen molar-refractivity contribution < 1.29 is 4.79 Å². The Morgan fingerprint density at radius 2 is 2.00 bits per heavy atom. The molecule has 0 unspecified atom stereocenters. The van der Waals surface area contributed by atoms with Gasteiger partial charge in [0.2, 0.25) is 0 Å². The molecule has 1 aromatic carbocycles. The number of likely N-dealkylation sites (tertiary alicyclic amines) is 1. The lowest BCUT2D eigenvalue weighted by Crippen LogP contribution is -2.45. The summed E-state index contributed by atoms with van der Waals surface area (Å²) < 4.78 is 1.74. The molecule has 0 atom stereocenters. The van der Waals surface area contributed by atoms with Crippen molar-refractivity contribution in [1.29, 1.82) is 0 Å². The van der Waals surface area contributed by atoms with Crippen molar-refractivity contribution in [2.45, 2.75) is 38.6 Å². The predicted octanol–water partition coefficient (Wildman–Crippen LogP) is 2.73. The molecule has 2 aliphatic rings. The molecule has 7 heteroatoms. The van der Waals surface area contributed by atoms with Crippen LogP contribution in [-0.4, -0.2) is 56.5 Å². The predicted molar refractivity (Wildman–Crippen MR) is 111 cm³/mol. The minimum absolute atomic E-state index is 0.0168. The second-order valence-corrected chi connectivity index (χ2v) is 8.23. The molecule has 5 rings (SSSR count). The summed E-state index contributed by atoms with van der Waals surface area (Å²) in [5.74, 6) is 0.870. The molecule has 1 aliphatic carbocycles. The maximum atomic E-state index is 13.0. The number of benzene rings is 1. The molecule has 1 amide bonds. The van der Waals surface area contributed by atoms with E-state index in [9.17, 15) is 4.79 Å². The summed E-state index contributed by atoms with van der Waals surface area (Å²) in [6, 6.07) is 10.4. The van der Waals surface area contributed by atoms with E-state index in [4.69, 9.17) is 0 Å². The fraction of sp³-hybridized carbons (Fsp3) is 0.455. The summed E-state index contributed by atoms with van der Waals surface area (Å²) >= 11 is 0. The van der Waals surface area contributed by atoms with Gasteiger partial charge in [-0.05, 0) is 69.3 Å². The van der Waals surface area contributed by atoms with Crippen molar-refractivity contribution in [3.8, 4) is 5.69 Å². The number of nitrogens with zero attached hydrogens (tertiary/aromatic N) is 5. The Morgan fingerprint density at radius 1 is 1.17 bits per heavy atom. The Bertz CT molecular complexity index is 1030. The molecule has 3 aromatic rings. The Hall–Kier alpha value is -2.80. The van der Waals surface area contributed by atoms with Gasteiger partial charge in [0.1, 0.15) is 0 Å². The van der Waals surface area contributed by atoms with Gasteiger partial charge in [0, 0.05) is 30.7 Å². The number of carbonyl (C=O) groups excluding carboxylic acids is 1. The summed E-state index contributed by atoms with van der Waals surface area (Å²) in [5.41, 5.74) is 3.04. The van der Waals surface area contributed by atoms with E-state index in [1.807, 2.05) is 42.2 Å². The zero-order chi connectivity index (χ0) is 19.8. The van der Waals surface area contributed by atoms with Gasteiger partial charge in [-0.3, -0.25) is 9.78 Å². The lowest BCUT2D eigenvalue weighted by atomic mass is 10.0. The van der Waals surface area contributed by atoms with Gasteiger partial charge in [0.25, 0.3) is 5.91 Å². The van der Waals surface area contributed by atoms with Crippen LogP contribution in [0, 0.1) is 12.8 Å². The van der Waals surface area contributed by atoms with Gasteiger partial charge < -0.3 is 10.2 Å². The van der Waals surface area contributed by atoms with Gasteiger partial charge >= 0.3 is 0 Å². The third-order valence-corrected chi connectivity index (χ3v) is 6.10. The molecule has 0 spiro atoms. The lowest BCUT2D eigenvalue weighted by molar-refractivity contribution is 0.0698. The first-order valence-electron chi connectivity index (χ1n) is 10.5. The van der Waals surface area contributed by atoms with Gasteiger partial charge in [0.15, 0.2) is 5.69 Å². The Labute approximate surface area is 170 Å². The minimum Gasteiger partial charge on any atom is -0.337 e. The quantitative estimate of drug-likeness (QED) is 0.725. The third-order valence-electron chi connectivity index (χ3n) is 6.10. The summed E-state index contributed by atoms with van der Waals surface area (Å²) in [7, 11) is 0. The first kappa shape index (κ1) is 18.2. The molecular weight excluding hydrogens is 364 g/mol. The van der Waals surface area contributed by atoms with Crippen LogP contribution in [-0.2, 0) is 0 Å². The molecule has 7 nitrogen and oxygen atoms in total. The molecule has 2 fully saturated rings. The molecule has 1 saturated carbocycles. The Kier molecular flexibility index (Phi) is 4.75. The number of amides is 1. The summed E-state index contributed by atoms with van der Waals surface area (Å²) in [6.07, 6.45) is 6.52. The van der Waals surface area contributed by atoms with Crippen LogP contribution < -0.4 is 5.32 Å². The number of carbonyl (C=O) groups is 1. The average molecular weight is 390 g/mol. The highest BCUT2D eigenvalue weighted by Gasteiger charge is 2.28. The molecule has 3 heterocycles. The van der Waals surface area contributed by atoms with Gasteiger partial charge in [-0.25, -0.2) is 4.68 Å². The van der Waals surface area contributed by atoms with Crippen molar-refractivity contribution >= 4 is 16.8 Å². The van der Waals surface area contributed by atoms with E-state index in [-0.39, 0.29) is 5.91 Å². The molecule has 150 valence electrons. The van der Waals surface area contributed by atoms with Crippen LogP contribution in [0.1, 0.15) is 41.9 Å². The fourth-order valence-electron chi connectivity index (χ4n) is 4.06. The standard InChI is InChI=1S/C22H26N6O/c1-15-21(22(29)27-11-8-18(9-12-27)24-14-16-4-5-16)25-26-28(15)19-6-7-20-17(13-19)3-2-10-23-20/h2-3,6-7,10,13,16,18,24H,4-5,8-9,11-12,14H2,1H3. The monoisotopic (exact) mass is 390 g/mol. The SMILES string of the molecule is Cc1c(C(=O)N2CCC(NCC3CC3)CC2)nnn1-c1ccc2ncccc2c1. The van der Waals surface area contributed by atoms with Crippen LogP contribution in [0.15, 0.2) is 36.5 Å².